The van der Waals surface area contributed by atoms with Crippen molar-refractivity contribution in [3.8, 4) is 0 Å². The summed E-state index contributed by atoms with van der Waals surface area (Å²) in [7, 11) is 0. The molecule has 0 atom stereocenters. The molecule has 1 nitrogen and oxygen atoms in total. The molecule has 2 aliphatic carbocycles. The van der Waals surface area contributed by atoms with Crippen LogP contribution in [0.1, 0.15) is 46.0 Å². The molecule has 0 radical (unpaired) electrons. The zero-order chi connectivity index (χ0) is 9.26. The van der Waals surface area contributed by atoms with E-state index in [1.165, 1.54) is 38.6 Å². The number of hydrogen-bond donors (Lipinski definition) is 1. The molecule has 2 fully saturated rings. The minimum atomic E-state index is 0.867. The van der Waals surface area contributed by atoms with Gasteiger partial charge in [-0.1, -0.05) is 26.7 Å². The molecule has 1 N–H and O–H groups in total. The van der Waals surface area contributed by atoms with Gasteiger partial charge in [-0.2, -0.15) is 0 Å². The maximum absolute atomic E-state index is 3.68. The van der Waals surface area contributed by atoms with Crippen molar-refractivity contribution in [2.24, 2.45) is 17.8 Å². The summed E-state index contributed by atoms with van der Waals surface area (Å²) in [6, 6.07) is 0.867. The van der Waals surface area contributed by atoms with Crippen LogP contribution in [0.2, 0.25) is 0 Å². The summed E-state index contributed by atoms with van der Waals surface area (Å²) in [5, 5.41) is 3.68. The predicted molar refractivity (Wildman–Crippen MR) is 56.7 cm³/mol. The standard InChI is InChI=1S/C12H23N/c1-9(2)11-7-12(8-11)13-6-5-10-3-4-10/h9-13H,3-8H2,1-2H3. The average molecular weight is 181 g/mol. The van der Waals surface area contributed by atoms with Crippen LogP contribution in [0.3, 0.4) is 0 Å². The van der Waals surface area contributed by atoms with Crippen LogP contribution in [-0.2, 0) is 0 Å². The second-order valence-corrected chi connectivity index (χ2v) is 5.36. The molecule has 0 bridgehead atoms. The molecule has 2 saturated carbocycles. The number of hydrogen-bond acceptors (Lipinski definition) is 1. The maximum Gasteiger partial charge on any atom is 0.00725 e. The minimum Gasteiger partial charge on any atom is -0.314 e. The van der Waals surface area contributed by atoms with Gasteiger partial charge >= 0.3 is 0 Å². The first-order chi connectivity index (χ1) is 6.25. The summed E-state index contributed by atoms with van der Waals surface area (Å²) < 4.78 is 0. The summed E-state index contributed by atoms with van der Waals surface area (Å²) in [6.07, 6.45) is 7.30. The summed E-state index contributed by atoms with van der Waals surface area (Å²) in [5.41, 5.74) is 0. The van der Waals surface area contributed by atoms with Gasteiger partial charge in [-0.05, 0) is 43.6 Å². The predicted octanol–water partition coefficient (Wildman–Crippen LogP) is 2.81. The van der Waals surface area contributed by atoms with Crippen LogP contribution in [0.25, 0.3) is 0 Å². The highest BCUT2D eigenvalue weighted by molar-refractivity contribution is 4.87. The lowest BCUT2D eigenvalue weighted by Crippen LogP contribution is -2.43. The Morgan fingerprint density at radius 1 is 1.23 bits per heavy atom. The second-order valence-electron chi connectivity index (χ2n) is 5.36. The van der Waals surface area contributed by atoms with E-state index in [4.69, 9.17) is 0 Å². The van der Waals surface area contributed by atoms with E-state index >= 15 is 0 Å². The molecule has 0 aromatic heterocycles. The minimum absolute atomic E-state index is 0.867. The van der Waals surface area contributed by atoms with Crippen LogP contribution < -0.4 is 5.32 Å². The molecule has 13 heavy (non-hydrogen) atoms. The van der Waals surface area contributed by atoms with Gasteiger partial charge in [-0.25, -0.2) is 0 Å². The number of rotatable bonds is 5. The lowest BCUT2D eigenvalue weighted by Gasteiger charge is -2.38. The van der Waals surface area contributed by atoms with Gasteiger partial charge in [-0.3, -0.25) is 0 Å². The van der Waals surface area contributed by atoms with Crippen molar-refractivity contribution in [2.45, 2.75) is 52.0 Å². The topological polar surface area (TPSA) is 12.0 Å². The largest absolute Gasteiger partial charge is 0.314 e. The molecular formula is C12H23N. The molecule has 1 heteroatoms. The van der Waals surface area contributed by atoms with Crippen molar-refractivity contribution in [3.05, 3.63) is 0 Å². The van der Waals surface area contributed by atoms with Crippen LogP contribution in [0.15, 0.2) is 0 Å². The van der Waals surface area contributed by atoms with Gasteiger partial charge in [0.15, 0.2) is 0 Å². The van der Waals surface area contributed by atoms with E-state index in [2.05, 4.69) is 19.2 Å². The van der Waals surface area contributed by atoms with E-state index in [1.54, 1.807) is 0 Å². The highest BCUT2D eigenvalue weighted by Gasteiger charge is 2.30. The maximum atomic E-state index is 3.68. The van der Waals surface area contributed by atoms with Crippen molar-refractivity contribution < 1.29 is 0 Å². The molecule has 0 heterocycles. The number of nitrogens with one attached hydrogen (secondary N) is 1. The van der Waals surface area contributed by atoms with Crippen LogP contribution in [0, 0.1) is 17.8 Å². The Hall–Kier alpha value is -0.0400. The molecule has 0 spiro atoms. The fourth-order valence-electron chi connectivity index (χ4n) is 2.27. The Bertz CT molecular complexity index is 155. The van der Waals surface area contributed by atoms with Gasteiger partial charge in [-0.15, -0.1) is 0 Å². The van der Waals surface area contributed by atoms with Gasteiger partial charge in [0, 0.05) is 6.04 Å². The third kappa shape index (κ3) is 2.70. The Morgan fingerprint density at radius 2 is 1.92 bits per heavy atom. The van der Waals surface area contributed by atoms with E-state index in [0.717, 1.165) is 23.8 Å². The third-order valence-electron chi connectivity index (χ3n) is 3.80. The van der Waals surface area contributed by atoms with Gasteiger partial charge in [0.05, 0.1) is 0 Å². The molecule has 0 amide bonds. The summed E-state index contributed by atoms with van der Waals surface area (Å²) in [6.45, 7) is 5.98. The van der Waals surface area contributed by atoms with Crippen LogP contribution in [0.4, 0.5) is 0 Å². The van der Waals surface area contributed by atoms with Crippen molar-refractivity contribution in [1.82, 2.24) is 5.32 Å². The zero-order valence-corrected chi connectivity index (χ0v) is 9.05. The highest BCUT2D eigenvalue weighted by Crippen LogP contribution is 2.34. The van der Waals surface area contributed by atoms with Gasteiger partial charge in [0.25, 0.3) is 0 Å². The normalized spacial score (nSPS) is 33.5. The van der Waals surface area contributed by atoms with Crippen molar-refractivity contribution >= 4 is 0 Å². The second kappa shape index (κ2) is 4.00. The Kier molecular flexibility index (Phi) is 2.92. The molecule has 0 aliphatic heterocycles. The lowest BCUT2D eigenvalue weighted by molar-refractivity contribution is 0.168. The molecule has 0 saturated heterocycles. The van der Waals surface area contributed by atoms with Crippen LogP contribution >= 0.6 is 0 Å². The molecule has 0 aromatic carbocycles. The van der Waals surface area contributed by atoms with Crippen molar-refractivity contribution in [3.63, 3.8) is 0 Å². The smallest absolute Gasteiger partial charge is 0.00725 e. The van der Waals surface area contributed by atoms with Crippen molar-refractivity contribution in [2.75, 3.05) is 6.54 Å². The molecule has 76 valence electrons. The van der Waals surface area contributed by atoms with E-state index in [0.29, 0.717) is 0 Å². The van der Waals surface area contributed by atoms with E-state index in [-0.39, 0.29) is 0 Å². The Morgan fingerprint density at radius 3 is 2.46 bits per heavy atom. The van der Waals surface area contributed by atoms with Gasteiger partial charge in [0.1, 0.15) is 0 Å². The fourth-order valence-corrected chi connectivity index (χ4v) is 2.27. The van der Waals surface area contributed by atoms with E-state index in [1.807, 2.05) is 0 Å². The Balaban J connectivity index is 1.48. The zero-order valence-electron chi connectivity index (χ0n) is 9.05. The third-order valence-corrected chi connectivity index (χ3v) is 3.80. The molecule has 2 rings (SSSR count). The SMILES string of the molecule is CC(C)C1CC(NCCC2CC2)C1. The van der Waals surface area contributed by atoms with E-state index in [9.17, 15) is 0 Å². The molecule has 2 aliphatic rings. The first kappa shape index (κ1) is 9.51. The summed E-state index contributed by atoms with van der Waals surface area (Å²) >= 11 is 0. The van der Waals surface area contributed by atoms with E-state index < -0.39 is 0 Å². The average Bonchev–Trinajstić information content (AvgIpc) is 2.75. The fraction of sp³-hybridized carbons (Fsp3) is 1.00. The van der Waals surface area contributed by atoms with Crippen LogP contribution in [0.5, 0.6) is 0 Å². The lowest BCUT2D eigenvalue weighted by atomic mass is 9.74. The Labute approximate surface area is 82.3 Å². The molecular weight excluding hydrogens is 158 g/mol. The van der Waals surface area contributed by atoms with Gasteiger partial charge in [0.2, 0.25) is 0 Å². The van der Waals surface area contributed by atoms with Crippen LogP contribution in [-0.4, -0.2) is 12.6 Å². The first-order valence-corrected chi connectivity index (χ1v) is 5.99. The quantitative estimate of drug-likeness (QED) is 0.687. The highest BCUT2D eigenvalue weighted by atomic mass is 14.9. The summed E-state index contributed by atoms with van der Waals surface area (Å²) in [4.78, 5) is 0. The molecule has 0 unspecified atom stereocenters. The first-order valence-electron chi connectivity index (χ1n) is 5.99. The molecule has 0 aromatic rings. The summed E-state index contributed by atoms with van der Waals surface area (Å²) in [5.74, 6) is 3.01. The monoisotopic (exact) mass is 181 g/mol. The van der Waals surface area contributed by atoms with Crippen molar-refractivity contribution in [1.29, 1.82) is 0 Å². The van der Waals surface area contributed by atoms with Gasteiger partial charge < -0.3 is 5.32 Å².